The summed E-state index contributed by atoms with van der Waals surface area (Å²) in [5, 5.41) is 2.33. The predicted octanol–water partition coefficient (Wildman–Crippen LogP) is 0.944. The molecule has 1 aliphatic heterocycles. The van der Waals surface area contributed by atoms with Crippen molar-refractivity contribution in [1.29, 1.82) is 0 Å². The summed E-state index contributed by atoms with van der Waals surface area (Å²) in [6.07, 6.45) is -3.54. The van der Waals surface area contributed by atoms with E-state index in [0.29, 0.717) is 19.6 Å². The highest BCUT2D eigenvalue weighted by Crippen LogP contribution is 2.22. The Morgan fingerprint density at radius 1 is 1.50 bits per heavy atom. The maximum Gasteiger partial charge on any atom is 0.401 e. The quantitative estimate of drug-likeness (QED) is 0.754. The van der Waals surface area contributed by atoms with Crippen LogP contribution in [-0.4, -0.2) is 45.2 Å². The molecule has 0 bridgehead atoms. The van der Waals surface area contributed by atoms with Gasteiger partial charge in [-0.3, -0.25) is 0 Å². The van der Waals surface area contributed by atoms with E-state index in [-0.39, 0.29) is 6.54 Å². The van der Waals surface area contributed by atoms with Crippen LogP contribution < -0.4 is 5.32 Å². The molecule has 84 valence electrons. The van der Waals surface area contributed by atoms with Gasteiger partial charge in [0.1, 0.15) is 5.60 Å². The molecule has 1 N–H and O–H groups in total. The molecule has 0 saturated carbocycles. The zero-order valence-corrected chi connectivity index (χ0v) is 7.99. The number of alkyl halides is 3. The Balaban J connectivity index is 2.28. The summed E-state index contributed by atoms with van der Waals surface area (Å²) in [5.41, 5.74) is -0.578. The lowest BCUT2D eigenvalue weighted by Crippen LogP contribution is -2.45. The number of hydrogen-bond acceptors (Lipinski definition) is 3. The molecular weight excluding hydrogens is 199 g/mol. The molecule has 0 radical (unpaired) electrons. The summed E-state index contributed by atoms with van der Waals surface area (Å²) in [7, 11) is 1.49. The first-order chi connectivity index (χ1) is 6.47. The fraction of sp³-hybridized carbons (Fsp3) is 1.00. The van der Waals surface area contributed by atoms with E-state index >= 15 is 0 Å². The Morgan fingerprint density at radius 2 is 2.21 bits per heavy atom. The van der Waals surface area contributed by atoms with Crippen molar-refractivity contribution >= 4 is 0 Å². The molecule has 3 nitrogen and oxygen atoms in total. The first-order valence-electron chi connectivity index (χ1n) is 4.38. The van der Waals surface area contributed by atoms with Crippen LogP contribution in [0.3, 0.4) is 0 Å². The summed E-state index contributed by atoms with van der Waals surface area (Å²) in [6.45, 7) is 0.0804. The fourth-order valence-corrected chi connectivity index (χ4v) is 1.39. The van der Waals surface area contributed by atoms with Gasteiger partial charge in [0.15, 0.2) is 0 Å². The van der Waals surface area contributed by atoms with Gasteiger partial charge in [-0.1, -0.05) is 0 Å². The van der Waals surface area contributed by atoms with Crippen molar-refractivity contribution in [3.05, 3.63) is 0 Å². The standard InChI is InChI=1S/C8H14F3NO2/c1-13-7(2-3-14-6-7)4-12-5-8(9,10)11/h12H,2-6H2,1H3. The lowest BCUT2D eigenvalue weighted by Gasteiger charge is -2.26. The first-order valence-corrected chi connectivity index (χ1v) is 4.38. The zero-order valence-electron chi connectivity index (χ0n) is 7.99. The molecule has 1 rings (SSSR count). The van der Waals surface area contributed by atoms with E-state index in [9.17, 15) is 13.2 Å². The Labute approximate surface area is 80.6 Å². The van der Waals surface area contributed by atoms with Crippen molar-refractivity contribution in [2.75, 3.05) is 33.4 Å². The molecule has 0 aliphatic carbocycles. The van der Waals surface area contributed by atoms with Crippen molar-refractivity contribution in [3.63, 3.8) is 0 Å². The first kappa shape index (κ1) is 11.7. The van der Waals surface area contributed by atoms with Crippen LogP contribution in [0, 0.1) is 0 Å². The predicted molar refractivity (Wildman–Crippen MR) is 44.1 cm³/mol. The highest BCUT2D eigenvalue weighted by molar-refractivity contribution is 4.87. The van der Waals surface area contributed by atoms with Crippen LogP contribution in [0.5, 0.6) is 0 Å². The third-order valence-electron chi connectivity index (χ3n) is 2.27. The van der Waals surface area contributed by atoms with E-state index in [1.807, 2.05) is 0 Å². The fourth-order valence-electron chi connectivity index (χ4n) is 1.39. The van der Waals surface area contributed by atoms with Crippen molar-refractivity contribution in [3.8, 4) is 0 Å². The molecule has 1 aliphatic rings. The van der Waals surface area contributed by atoms with Gasteiger partial charge in [-0.05, 0) is 0 Å². The van der Waals surface area contributed by atoms with Crippen molar-refractivity contribution < 1.29 is 22.6 Å². The lowest BCUT2D eigenvalue weighted by atomic mass is 10.0. The summed E-state index contributed by atoms with van der Waals surface area (Å²) >= 11 is 0. The Hall–Kier alpha value is -0.330. The van der Waals surface area contributed by atoms with Crippen LogP contribution in [0.4, 0.5) is 13.2 Å². The number of nitrogens with one attached hydrogen (secondary N) is 1. The molecule has 0 aromatic rings. The Bertz CT molecular complexity index is 178. The molecule has 1 saturated heterocycles. The summed E-state index contributed by atoms with van der Waals surface area (Å²) < 4.78 is 45.7. The number of ether oxygens (including phenoxy) is 2. The Kier molecular flexibility index (Phi) is 3.74. The third kappa shape index (κ3) is 3.43. The third-order valence-corrected chi connectivity index (χ3v) is 2.27. The van der Waals surface area contributed by atoms with Gasteiger partial charge in [-0.2, -0.15) is 13.2 Å². The second-order valence-corrected chi connectivity index (χ2v) is 3.41. The van der Waals surface area contributed by atoms with Crippen molar-refractivity contribution in [1.82, 2.24) is 5.32 Å². The molecule has 0 aromatic heterocycles. The number of halogens is 3. The summed E-state index contributed by atoms with van der Waals surface area (Å²) in [4.78, 5) is 0. The number of methoxy groups -OCH3 is 1. The zero-order chi connectivity index (χ0) is 10.7. The molecule has 1 fully saturated rings. The largest absolute Gasteiger partial charge is 0.401 e. The number of hydrogen-bond donors (Lipinski definition) is 1. The normalized spacial score (nSPS) is 28.3. The molecule has 0 amide bonds. The topological polar surface area (TPSA) is 30.5 Å². The lowest BCUT2D eigenvalue weighted by molar-refractivity contribution is -0.127. The highest BCUT2D eigenvalue weighted by atomic mass is 19.4. The number of rotatable bonds is 4. The van der Waals surface area contributed by atoms with E-state index in [1.54, 1.807) is 0 Å². The van der Waals surface area contributed by atoms with Gasteiger partial charge in [0.05, 0.1) is 13.2 Å². The van der Waals surface area contributed by atoms with Gasteiger partial charge in [-0.25, -0.2) is 0 Å². The van der Waals surface area contributed by atoms with E-state index in [4.69, 9.17) is 9.47 Å². The molecule has 1 atom stereocenters. The molecule has 1 heterocycles. The Morgan fingerprint density at radius 3 is 2.64 bits per heavy atom. The minimum atomic E-state index is -4.17. The van der Waals surface area contributed by atoms with Gasteiger partial charge >= 0.3 is 6.18 Å². The monoisotopic (exact) mass is 213 g/mol. The van der Waals surface area contributed by atoms with Crippen LogP contribution in [0.1, 0.15) is 6.42 Å². The molecule has 0 aromatic carbocycles. The average molecular weight is 213 g/mol. The highest BCUT2D eigenvalue weighted by Gasteiger charge is 2.36. The van der Waals surface area contributed by atoms with E-state index in [2.05, 4.69) is 5.32 Å². The average Bonchev–Trinajstić information content (AvgIpc) is 2.52. The van der Waals surface area contributed by atoms with Crippen molar-refractivity contribution in [2.45, 2.75) is 18.2 Å². The van der Waals surface area contributed by atoms with E-state index in [0.717, 1.165) is 0 Å². The van der Waals surface area contributed by atoms with Gasteiger partial charge in [0.2, 0.25) is 0 Å². The van der Waals surface area contributed by atoms with E-state index < -0.39 is 18.3 Å². The van der Waals surface area contributed by atoms with Crippen LogP contribution in [-0.2, 0) is 9.47 Å². The SMILES string of the molecule is COC1(CNCC(F)(F)F)CCOC1. The van der Waals surface area contributed by atoms with Crippen molar-refractivity contribution in [2.24, 2.45) is 0 Å². The van der Waals surface area contributed by atoms with Gasteiger partial charge < -0.3 is 14.8 Å². The molecule has 1 unspecified atom stereocenters. The van der Waals surface area contributed by atoms with Crippen LogP contribution in [0.25, 0.3) is 0 Å². The van der Waals surface area contributed by atoms with Gasteiger partial charge in [0.25, 0.3) is 0 Å². The second kappa shape index (κ2) is 4.46. The van der Waals surface area contributed by atoms with Crippen LogP contribution in [0.15, 0.2) is 0 Å². The minimum absolute atomic E-state index is 0.170. The smallest absolute Gasteiger partial charge is 0.378 e. The summed E-state index contributed by atoms with van der Waals surface area (Å²) in [5.74, 6) is 0. The molecule has 6 heteroatoms. The maximum absolute atomic E-state index is 11.8. The van der Waals surface area contributed by atoms with E-state index in [1.165, 1.54) is 7.11 Å². The molecular formula is C8H14F3NO2. The molecule has 0 spiro atoms. The second-order valence-electron chi connectivity index (χ2n) is 3.41. The minimum Gasteiger partial charge on any atom is -0.378 e. The maximum atomic E-state index is 11.8. The van der Waals surface area contributed by atoms with Crippen LogP contribution >= 0.6 is 0 Å². The van der Waals surface area contributed by atoms with Gasteiger partial charge in [-0.15, -0.1) is 0 Å². The molecule has 14 heavy (non-hydrogen) atoms. The van der Waals surface area contributed by atoms with Crippen LogP contribution in [0.2, 0.25) is 0 Å². The van der Waals surface area contributed by atoms with Gasteiger partial charge in [0, 0.05) is 26.7 Å². The summed E-state index contributed by atoms with van der Waals surface area (Å²) in [6, 6.07) is 0.